The molecule has 3 rings (SSSR count). The van der Waals surface area contributed by atoms with Gasteiger partial charge in [-0.05, 0) is 37.6 Å². The third-order valence-corrected chi connectivity index (χ3v) is 4.98. The Morgan fingerprint density at radius 3 is 2.48 bits per heavy atom. The molecule has 5 nitrogen and oxygen atoms in total. The van der Waals surface area contributed by atoms with Crippen molar-refractivity contribution in [2.75, 3.05) is 18.1 Å². The van der Waals surface area contributed by atoms with Crippen molar-refractivity contribution in [1.82, 2.24) is 5.32 Å². The Kier molecular flexibility index (Phi) is 5.92. The van der Waals surface area contributed by atoms with E-state index in [4.69, 9.17) is 27.9 Å². The van der Waals surface area contributed by atoms with Gasteiger partial charge in [0.25, 0.3) is 5.91 Å². The van der Waals surface area contributed by atoms with Gasteiger partial charge in [0.2, 0.25) is 5.91 Å². The van der Waals surface area contributed by atoms with E-state index in [2.05, 4.69) is 5.32 Å². The lowest BCUT2D eigenvalue weighted by molar-refractivity contribution is -0.126. The summed E-state index contributed by atoms with van der Waals surface area (Å²) in [6.45, 7) is 4.24. The summed E-state index contributed by atoms with van der Waals surface area (Å²) in [4.78, 5) is 26.0. The maximum absolute atomic E-state index is 12.9. The maximum Gasteiger partial charge on any atom is 0.254 e. The summed E-state index contributed by atoms with van der Waals surface area (Å²) in [5.41, 5.74) is 2.27. The lowest BCUT2D eigenvalue weighted by Gasteiger charge is -2.19. The SMILES string of the molecule is CC(=O)NC1C(=O)N(CCCOc2ccc(C)cc2)c2c(Cl)ccc(Cl)c21. The first-order valence-electron chi connectivity index (χ1n) is 8.64. The fourth-order valence-electron chi connectivity index (χ4n) is 3.10. The van der Waals surface area contributed by atoms with Gasteiger partial charge in [0.1, 0.15) is 11.8 Å². The van der Waals surface area contributed by atoms with Crippen molar-refractivity contribution in [1.29, 1.82) is 0 Å². The number of rotatable bonds is 6. The maximum atomic E-state index is 12.9. The smallest absolute Gasteiger partial charge is 0.254 e. The van der Waals surface area contributed by atoms with Gasteiger partial charge in [-0.15, -0.1) is 0 Å². The van der Waals surface area contributed by atoms with Gasteiger partial charge in [-0.2, -0.15) is 0 Å². The Hall–Kier alpha value is -2.24. The molecule has 2 aromatic rings. The molecule has 0 bridgehead atoms. The molecule has 1 heterocycles. The van der Waals surface area contributed by atoms with Gasteiger partial charge in [-0.1, -0.05) is 40.9 Å². The van der Waals surface area contributed by atoms with E-state index < -0.39 is 6.04 Å². The second kappa shape index (κ2) is 8.19. The lowest BCUT2D eigenvalue weighted by atomic mass is 10.1. The number of amides is 2. The number of carbonyl (C=O) groups is 2. The van der Waals surface area contributed by atoms with Crippen molar-refractivity contribution in [2.24, 2.45) is 0 Å². The van der Waals surface area contributed by atoms with E-state index in [1.54, 1.807) is 17.0 Å². The summed E-state index contributed by atoms with van der Waals surface area (Å²) in [5.74, 6) is 0.233. The number of nitrogens with zero attached hydrogens (tertiary/aromatic N) is 1. The molecular weight excluding hydrogens is 387 g/mol. The molecule has 0 saturated carbocycles. The van der Waals surface area contributed by atoms with Gasteiger partial charge in [0.15, 0.2) is 0 Å². The molecule has 27 heavy (non-hydrogen) atoms. The van der Waals surface area contributed by atoms with Crippen molar-refractivity contribution in [3.8, 4) is 5.75 Å². The van der Waals surface area contributed by atoms with Crippen LogP contribution in [0.3, 0.4) is 0 Å². The number of ether oxygens (including phenoxy) is 1. The van der Waals surface area contributed by atoms with Crippen LogP contribution in [0.2, 0.25) is 10.0 Å². The minimum Gasteiger partial charge on any atom is -0.494 e. The highest BCUT2D eigenvalue weighted by molar-refractivity contribution is 6.38. The first-order chi connectivity index (χ1) is 12.9. The summed E-state index contributed by atoms with van der Waals surface area (Å²) in [7, 11) is 0. The Morgan fingerprint density at radius 2 is 1.81 bits per heavy atom. The van der Waals surface area contributed by atoms with E-state index in [0.717, 1.165) is 11.3 Å². The summed E-state index contributed by atoms with van der Waals surface area (Å²) >= 11 is 12.6. The number of nitrogens with one attached hydrogen (secondary N) is 1. The number of carbonyl (C=O) groups excluding carboxylic acids is 2. The molecule has 1 unspecified atom stereocenters. The zero-order valence-electron chi connectivity index (χ0n) is 15.1. The number of hydrogen-bond donors (Lipinski definition) is 1. The minimum absolute atomic E-state index is 0.245. The number of aryl methyl sites for hydroxylation is 1. The lowest BCUT2D eigenvalue weighted by Crippen LogP contribution is -2.37. The van der Waals surface area contributed by atoms with Crippen LogP contribution in [0.4, 0.5) is 5.69 Å². The number of hydrogen-bond acceptors (Lipinski definition) is 3. The molecule has 2 amide bonds. The van der Waals surface area contributed by atoms with Crippen LogP contribution in [0, 0.1) is 6.92 Å². The summed E-state index contributed by atoms with van der Waals surface area (Å²) < 4.78 is 5.72. The molecule has 0 radical (unpaired) electrons. The van der Waals surface area contributed by atoms with Gasteiger partial charge < -0.3 is 15.0 Å². The molecule has 142 valence electrons. The third kappa shape index (κ3) is 4.20. The molecule has 0 aliphatic carbocycles. The molecule has 1 N–H and O–H groups in total. The Bertz CT molecular complexity index is 868. The van der Waals surface area contributed by atoms with Crippen molar-refractivity contribution in [2.45, 2.75) is 26.3 Å². The highest BCUT2D eigenvalue weighted by Crippen LogP contribution is 2.44. The zero-order valence-corrected chi connectivity index (χ0v) is 16.6. The number of fused-ring (bicyclic) bond motifs is 1. The van der Waals surface area contributed by atoms with Crippen LogP contribution in [0.5, 0.6) is 5.75 Å². The van der Waals surface area contributed by atoms with Gasteiger partial charge in [0, 0.05) is 24.1 Å². The highest BCUT2D eigenvalue weighted by atomic mass is 35.5. The fourth-order valence-corrected chi connectivity index (χ4v) is 3.63. The third-order valence-electron chi connectivity index (χ3n) is 4.35. The predicted molar refractivity (Wildman–Crippen MR) is 107 cm³/mol. The molecule has 1 aliphatic heterocycles. The molecule has 2 aromatic carbocycles. The zero-order chi connectivity index (χ0) is 19.6. The van der Waals surface area contributed by atoms with Crippen LogP contribution >= 0.6 is 23.2 Å². The molecule has 1 atom stereocenters. The number of benzene rings is 2. The molecule has 1 aliphatic rings. The first-order valence-corrected chi connectivity index (χ1v) is 9.40. The van der Waals surface area contributed by atoms with Gasteiger partial charge in [-0.3, -0.25) is 9.59 Å². The standard InChI is InChI=1S/C20H20Cl2N2O3/c1-12-4-6-14(7-5-12)27-11-3-10-24-19-16(22)9-8-15(21)17(19)18(20(24)26)23-13(2)25/h4-9,18H,3,10-11H2,1-2H3,(H,23,25). The quantitative estimate of drug-likeness (QED) is 0.727. The normalized spacial score (nSPS) is 15.6. The minimum atomic E-state index is -0.818. The monoisotopic (exact) mass is 406 g/mol. The van der Waals surface area contributed by atoms with Crippen LogP contribution in [-0.2, 0) is 9.59 Å². The molecule has 0 saturated heterocycles. The number of anilines is 1. The molecular formula is C20H20Cl2N2O3. The van der Waals surface area contributed by atoms with Crippen molar-refractivity contribution < 1.29 is 14.3 Å². The van der Waals surface area contributed by atoms with Crippen LogP contribution in [-0.4, -0.2) is 25.0 Å². The second-order valence-corrected chi connectivity index (χ2v) is 7.24. The fraction of sp³-hybridized carbons (Fsp3) is 0.300. The Balaban J connectivity index is 1.72. The summed E-state index contributed by atoms with van der Waals surface area (Å²) in [5, 5.41) is 3.49. The van der Waals surface area contributed by atoms with Crippen LogP contribution in [0.25, 0.3) is 0 Å². The summed E-state index contributed by atoms with van der Waals surface area (Å²) in [6.07, 6.45) is 0.606. The van der Waals surface area contributed by atoms with E-state index in [1.165, 1.54) is 6.92 Å². The average molecular weight is 407 g/mol. The Labute approximate surface area is 168 Å². The topological polar surface area (TPSA) is 58.6 Å². The number of halogens is 2. The van der Waals surface area contributed by atoms with Gasteiger partial charge >= 0.3 is 0 Å². The van der Waals surface area contributed by atoms with Gasteiger partial charge in [0.05, 0.1) is 17.3 Å². The average Bonchev–Trinajstić information content (AvgIpc) is 2.90. The van der Waals surface area contributed by atoms with E-state index in [-0.39, 0.29) is 11.8 Å². The molecule has 0 spiro atoms. The summed E-state index contributed by atoms with van der Waals surface area (Å²) in [6, 6.07) is 10.3. The van der Waals surface area contributed by atoms with E-state index >= 15 is 0 Å². The Morgan fingerprint density at radius 1 is 1.15 bits per heavy atom. The van der Waals surface area contributed by atoms with E-state index in [1.807, 2.05) is 31.2 Å². The van der Waals surface area contributed by atoms with E-state index in [9.17, 15) is 9.59 Å². The predicted octanol–water partition coefficient (Wildman–Crippen LogP) is 4.29. The van der Waals surface area contributed by atoms with Crippen LogP contribution in [0.15, 0.2) is 36.4 Å². The molecule has 0 aromatic heterocycles. The van der Waals surface area contributed by atoms with Crippen molar-refractivity contribution in [3.05, 3.63) is 57.6 Å². The largest absolute Gasteiger partial charge is 0.494 e. The van der Waals surface area contributed by atoms with Gasteiger partial charge in [-0.25, -0.2) is 0 Å². The van der Waals surface area contributed by atoms with E-state index in [0.29, 0.717) is 40.9 Å². The second-order valence-electron chi connectivity index (χ2n) is 6.43. The first kappa shape index (κ1) is 19.5. The van der Waals surface area contributed by atoms with Crippen molar-refractivity contribution in [3.63, 3.8) is 0 Å². The molecule has 0 fully saturated rings. The van der Waals surface area contributed by atoms with Crippen LogP contribution < -0.4 is 15.0 Å². The highest BCUT2D eigenvalue weighted by Gasteiger charge is 2.40. The van der Waals surface area contributed by atoms with Crippen LogP contribution in [0.1, 0.15) is 30.5 Å². The molecule has 7 heteroatoms. The van der Waals surface area contributed by atoms with Crippen molar-refractivity contribution >= 4 is 40.7 Å².